The van der Waals surface area contributed by atoms with Gasteiger partial charge < -0.3 is 5.32 Å². The number of halogens is 4. The highest BCUT2D eigenvalue weighted by atomic mass is 35.5. The highest BCUT2D eigenvalue weighted by Gasteiger charge is 2.15. The molecule has 3 nitrogen and oxygen atoms in total. The number of hydrogen-bond donors (Lipinski definition) is 1. The van der Waals surface area contributed by atoms with E-state index in [1.807, 2.05) is 0 Å². The van der Waals surface area contributed by atoms with Crippen molar-refractivity contribution in [1.29, 1.82) is 0 Å². The van der Waals surface area contributed by atoms with Gasteiger partial charge in [-0.2, -0.15) is 0 Å². The van der Waals surface area contributed by atoms with Gasteiger partial charge in [-0.05, 0) is 16.7 Å². The van der Waals surface area contributed by atoms with Crippen molar-refractivity contribution in [2.24, 2.45) is 0 Å². The Labute approximate surface area is 137 Å². The largest absolute Gasteiger partial charge is 0.325 e. The molecule has 0 bridgehead atoms. The zero-order valence-electron chi connectivity index (χ0n) is 10.5. The molecule has 0 aliphatic rings. The number of carbonyl (C=O) groups is 2. The molecule has 110 valence electrons. The molecule has 0 aliphatic heterocycles. The molecule has 20 heavy (non-hydrogen) atoms. The lowest BCUT2D eigenvalue weighted by molar-refractivity contribution is -0.124. The van der Waals surface area contributed by atoms with E-state index in [2.05, 4.69) is 5.32 Å². The Morgan fingerprint density at radius 3 is 1.90 bits per heavy atom. The minimum Gasteiger partial charge on any atom is -0.325 e. The average Bonchev–Trinajstić information content (AvgIpc) is 2.46. The zero-order chi connectivity index (χ0) is 15.1. The number of anilines is 1. The van der Waals surface area contributed by atoms with Gasteiger partial charge in [0, 0.05) is 23.3 Å². The van der Waals surface area contributed by atoms with E-state index in [1.54, 1.807) is 12.1 Å². The molecule has 0 radical (unpaired) electrons. The van der Waals surface area contributed by atoms with Gasteiger partial charge in [-0.25, -0.2) is 0 Å². The topological polar surface area (TPSA) is 46.2 Å². The van der Waals surface area contributed by atoms with E-state index in [1.165, 1.54) is 0 Å². The maximum Gasteiger partial charge on any atom is 0.231 e. The molecule has 1 aromatic rings. The minimum absolute atomic E-state index is 0.191. The normalized spacial score (nSPS) is 10.4. The van der Waals surface area contributed by atoms with E-state index in [4.69, 9.17) is 46.4 Å². The van der Waals surface area contributed by atoms with Crippen molar-refractivity contribution < 1.29 is 9.59 Å². The molecule has 1 N–H and O–H groups in total. The predicted molar refractivity (Wildman–Crippen MR) is 84.1 cm³/mol. The van der Waals surface area contributed by atoms with Crippen LogP contribution in [0.3, 0.4) is 0 Å². The second-order valence-corrected chi connectivity index (χ2v) is 5.16. The number of benzene rings is 1. The van der Waals surface area contributed by atoms with E-state index in [9.17, 15) is 9.59 Å². The number of alkyl halides is 4. The SMILES string of the molecule is O=C(CCl)CC(=O)Nc1c(CCl)cc(CCl)cc1CCl. The second-order valence-electron chi connectivity index (χ2n) is 4.09. The monoisotopic (exact) mass is 355 g/mol. The highest BCUT2D eigenvalue weighted by molar-refractivity contribution is 6.29. The molecule has 7 heteroatoms. The summed E-state index contributed by atoms with van der Waals surface area (Å²) >= 11 is 22.9. The summed E-state index contributed by atoms with van der Waals surface area (Å²) < 4.78 is 0. The van der Waals surface area contributed by atoms with Crippen LogP contribution in [-0.2, 0) is 27.2 Å². The molecule has 0 aromatic heterocycles. The van der Waals surface area contributed by atoms with Crippen molar-refractivity contribution in [3.05, 3.63) is 28.8 Å². The Balaban J connectivity index is 3.03. The van der Waals surface area contributed by atoms with Gasteiger partial charge in [0.05, 0.1) is 12.3 Å². The molecule has 0 unspecified atom stereocenters. The highest BCUT2D eigenvalue weighted by Crippen LogP contribution is 2.27. The molecule has 0 saturated heterocycles. The van der Waals surface area contributed by atoms with Gasteiger partial charge in [0.25, 0.3) is 0 Å². The summed E-state index contributed by atoms with van der Waals surface area (Å²) in [6, 6.07) is 3.60. The number of amides is 1. The number of carbonyl (C=O) groups excluding carboxylic acids is 2. The fourth-order valence-corrected chi connectivity index (χ4v) is 2.37. The van der Waals surface area contributed by atoms with Crippen LogP contribution in [0.5, 0.6) is 0 Å². The van der Waals surface area contributed by atoms with Crippen LogP contribution in [0.2, 0.25) is 0 Å². The third kappa shape index (κ3) is 4.81. The number of nitrogens with one attached hydrogen (secondary N) is 1. The quantitative estimate of drug-likeness (QED) is 0.592. The van der Waals surface area contributed by atoms with E-state index < -0.39 is 5.91 Å². The lowest BCUT2D eigenvalue weighted by Crippen LogP contribution is -2.19. The molecule has 1 rings (SSSR count). The van der Waals surface area contributed by atoms with Crippen LogP contribution in [0, 0.1) is 0 Å². The van der Waals surface area contributed by atoms with Crippen LogP contribution in [0.4, 0.5) is 5.69 Å². The second kappa shape index (κ2) is 8.73. The summed E-state index contributed by atoms with van der Waals surface area (Å²) in [5, 5.41) is 2.67. The van der Waals surface area contributed by atoms with Gasteiger partial charge in [0.2, 0.25) is 5.91 Å². The first-order chi connectivity index (χ1) is 9.55. The summed E-state index contributed by atoms with van der Waals surface area (Å²) in [6.45, 7) is 0. The first kappa shape index (κ1) is 17.6. The molecular formula is C13H13Cl4NO2. The summed E-state index contributed by atoms with van der Waals surface area (Å²) in [5.41, 5.74) is 2.84. The smallest absolute Gasteiger partial charge is 0.231 e. The Bertz CT molecular complexity index is 480. The number of hydrogen-bond acceptors (Lipinski definition) is 2. The van der Waals surface area contributed by atoms with E-state index in [-0.39, 0.29) is 29.8 Å². The van der Waals surface area contributed by atoms with Crippen LogP contribution in [0.1, 0.15) is 23.1 Å². The van der Waals surface area contributed by atoms with E-state index in [0.717, 1.165) is 5.56 Å². The number of ketones is 1. The average molecular weight is 357 g/mol. The van der Waals surface area contributed by atoms with E-state index in [0.29, 0.717) is 22.7 Å². The number of Topliss-reactive ketones (excluding diaryl/α,β-unsaturated/α-hetero) is 1. The Morgan fingerprint density at radius 1 is 0.950 bits per heavy atom. The maximum absolute atomic E-state index is 11.8. The fraction of sp³-hybridized carbons (Fsp3) is 0.385. The van der Waals surface area contributed by atoms with Crippen LogP contribution in [-0.4, -0.2) is 17.6 Å². The van der Waals surface area contributed by atoms with Crippen molar-refractivity contribution in [2.45, 2.75) is 24.1 Å². The lowest BCUT2D eigenvalue weighted by atomic mass is 10.0. The van der Waals surface area contributed by atoms with Crippen molar-refractivity contribution in [2.75, 3.05) is 11.2 Å². The van der Waals surface area contributed by atoms with E-state index >= 15 is 0 Å². The van der Waals surface area contributed by atoms with Gasteiger partial charge in [-0.3, -0.25) is 9.59 Å². The Hall–Kier alpha value is -0.480. The van der Waals surface area contributed by atoms with Crippen molar-refractivity contribution in [3.63, 3.8) is 0 Å². The van der Waals surface area contributed by atoms with Crippen LogP contribution < -0.4 is 5.32 Å². The third-order valence-electron chi connectivity index (χ3n) is 2.57. The third-order valence-corrected chi connectivity index (χ3v) is 3.76. The predicted octanol–water partition coefficient (Wildman–Crippen LogP) is 4.04. The molecule has 1 amide bonds. The van der Waals surface area contributed by atoms with Gasteiger partial charge in [0.15, 0.2) is 5.78 Å². The summed E-state index contributed by atoms with van der Waals surface area (Å²) in [6.07, 6.45) is -0.274. The van der Waals surface area contributed by atoms with Crippen LogP contribution >= 0.6 is 46.4 Å². The first-order valence-corrected chi connectivity index (χ1v) is 7.89. The molecular weight excluding hydrogens is 344 g/mol. The first-order valence-electron chi connectivity index (χ1n) is 5.75. The molecule has 0 saturated carbocycles. The summed E-state index contributed by atoms with van der Waals surface area (Å²) in [5.74, 6) is -0.245. The van der Waals surface area contributed by atoms with Gasteiger partial charge >= 0.3 is 0 Å². The minimum atomic E-state index is -0.438. The molecule has 0 fully saturated rings. The summed E-state index contributed by atoms with van der Waals surface area (Å²) in [7, 11) is 0. The maximum atomic E-state index is 11.8. The number of rotatable bonds is 7. The zero-order valence-corrected chi connectivity index (χ0v) is 13.5. The molecule has 0 aliphatic carbocycles. The van der Waals surface area contributed by atoms with Crippen molar-refractivity contribution in [3.8, 4) is 0 Å². The standard InChI is InChI=1S/C13H13Cl4NO2/c14-4-8-1-9(5-15)13(10(2-8)6-16)18-12(20)3-11(19)7-17/h1-2H,3-7H2,(H,18,20). The van der Waals surface area contributed by atoms with Crippen molar-refractivity contribution in [1.82, 2.24) is 0 Å². The summed E-state index contributed by atoms with van der Waals surface area (Å²) in [4.78, 5) is 22.9. The molecule has 1 aromatic carbocycles. The van der Waals surface area contributed by atoms with Gasteiger partial charge in [0.1, 0.15) is 0 Å². The van der Waals surface area contributed by atoms with Crippen molar-refractivity contribution >= 4 is 63.8 Å². The van der Waals surface area contributed by atoms with Crippen LogP contribution in [0.25, 0.3) is 0 Å². The fourth-order valence-electron chi connectivity index (χ4n) is 1.70. The Kier molecular flexibility index (Phi) is 7.67. The lowest BCUT2D eigenvalue weighted by Gasteiger charge is -2.15. The molecule has 0 spiro atoms. The molecule has 0 atom stereocenters. The van der Waals surface area contributed by atoms with Crippen LogP contribution in [0.15, 0.2) is 12.1 Å². The van der Waals surface area contributed by atoms with Gasteiger partial charge in [-0.1, -0.05) is 12.1 Å². The van der Waals surface area contributed by atoms with Gasteiger partial charge in [-0.15, -0.1) is 46.4 Å². The molecule has 0 heterocycles. The Morgan fingerprint density at radius 2 is 1.50 bits per heavy atom.